The summed E-state index contributed by atoms with van der Waals surface area (Å²) < 4.78 is 1.02. The zero-order valence-electron chi connectivity index (χ0n) is 10.00. The molecule has 3 nitrogen and oxygen atoms in total. The number of halogens is 2. The molecule has 0 bridgehead atoms. The van der Waals surface area contributed by atoms with Crippen LogP contribution in [0.2, 0.25) is 5.02 Å². The third kappa shape index (κ3) is 3.24. The third-order valence-electron chi connectivity index (χ3n) is 3.19. The van der Waals surface area contributed by atoms with E-state index >= 15 is 0 Å². The van der Waals surface area contributed by atoms with E-state index in [9.17, 15) is 0 Å². The van der Waals surface area contributed by atoms with E-state index < -0.39 is 0 Å². The van der Waals surface area contributed by atoms with Gasteiger partial charge in [-0.05, 0) is 23.8 Å². The molecule has 1 aromatic carbocycles. The summed E-state index contributed by atoms with van der Waals surface area (Å²) >= 11 is 9.62. The molecule has 2 rings (SSSR count). The van der Waals surface area contributed by atoms with Gasteiger partial charge >= 0.3 is 0 Å². The van der Waals surface area contributed by atoms with Gasteiger partial charge < -0.3 is 5.32 Å². The van der Waals surface area contributed by atoms with E-state index in [1.54, 1.807) is 0 Å². The zero-order valence-corrected chi connectivity index (χ0v) is 12.3. The van der Waals surface area contributed by atoms with E-state index in [-0.39, 0.29) is 6.04 Å². The summed E-state index contributed by atoms with van der Waals surface area (Å²) in [4.78, 5) is 2.34. The average Bonchev–Trinajstić information content (AvgIpc) is 2.40. The van der Waals surface area contributed by atoms with Crippen LogP contribution in [0.3, 0.4) is 0 Å². The number of nitriles is 1. The maximum Gasteiger partial charge on any atom is 0.0641 e. The lowest BCUT2D eigenvalue weighted by atomic mass is 10.0. The molecule has 0 aromatic heterocycles. The Balaban J connectivity index is 2.28. The number of hydrogen-bond acceptors (Lipinski definition) is 3. The van der Waals surface area contributed by atoms with E-state index in [1.165, 1.54) is 0 Å². The van der Waals surface area contributed by atoms with E-state index in [0.29, 0.717) is 11.4 Å². The lowest BCUT2D eigenvalue weighted by Crippen LogP contribution is -2.45. The van der Waals surface area contributed by atoms with Crippen molar-refractivity contribution in [3.63, 3.8) is 0 Å². The second-order valence-electron chi connectivity index (χ2n) is 4.33. The largest absolute Gasteiger partial charge is 0.314 e. The predicted molar refractivity (Wildman–Crippen MR) is 76.6 cm³/mol. The monoisotopic (exact) mass is 327 g/mol. The van der Waals surface area contributed by atoms with Crippen LogP contribution in [0, 0.1) is 11.3 Å². The first-order chi connectivity index (χ1) is 8.72. The third-order valence-corrected chi connectivity index (χ3v) is 4.15. The number of benzene rings is 1. The lowest BCUT2D eigenvalue weighted by molar-refractivity contribution is 0.175. The van der Waals surface area contributed by atoms with Crippen LogP contribution in [0.25, 0.3) is 0 Å². The Labute approximate surface area is 121 Å². The number of hydrogen-bond donors (Lipinski definition) is 1. The Morgan fingerprint density at radius 3 is 2.83 bits per heavy atom. The van der Waals surface area contributed by atoms with Gasteiger partial charge in [-0.3, -0.25) is 4.90 Å². The summed E-state index contributed by atoms with van der Waals surface area (Å²) in [6.45, 7) is 3.87. The van der Waals surface area contributed by atoms with Crippen LogP contribution in [0.5, 0.6) is 0 Å². The van der Waals surface area contributed by atoms with Crippen molar-refractivity contribution in [1.82, 2.24) is 10.2 Å². The highest BCUT2D eigenvalue weighted by molar-refractivity contribution is 9.10. The van der Waals surface area contributed by atoms with Crippen molar-refractivity contribution in [2.75, 3.05) is 26.2 Å². The molecule has 0 amide bonds. The summed E-state index contributed by atoms with van der Waals surface area (Å²) in [5.41, 5.74) is 1.10. The minimum absolute atomic E-state index is 0.116. The van der Waals surface area contributed by atoms with Crippen molar-refractivity contribution in [3.05, 3.63) is 33.3 Å². The van der Waals surface area contributed by atoms with Gasteiger partial charge in [0.15, 0.2) is 0 Å². The quantitative estimate of drug-likeness (QED) is 0.927. The summed E-state index contributed by atoms with van der Waals surface area (Å²) in [5.74, 6) is 0. The number of nitrogens with zero attached hydrogens (tertiary/aromatic N) is 2. The minimum Gasteiger partial charge on any atom is -0.314 e. The molecule has 1 aliphatic rings. The highest BCUT2D eigenvalue weighted by Gasteiger charge is 2.23. The molecule has 96 valence electrons. The smallest absolute Gasteiger partial charge is 0.0641 e. The van der Waals surface area contributed by atoms with Crippen LogP contribution in [-0.2, 0) is 0 Å². The van der Waals surface area contributed by atoms with Gasteiger partial charge in [-0.1, -0.05) is 27.5 Å². The fraction of sp³-hybridized carbons (Fsp3) is 0.462. The Bertz CT molecular complexity index is 452. The van der Waals surface area contributed by atoms with Crippen LogP contribution in [0.4, 0.5) is 0 Å². The van der Waals surface area contributed by atoms with Gasteiger partial charge in [-0.15, -0.1) is 0 Å². The van der Waals surface area contributed by atoms with Crippen molar-refractivity contribution in [1.29, 1.82) is 5.26 Å². The van der Waals surface area contributed by atoms with Crippen LogP contribution < -0.4 is 5.32 Å². The Hall–Kier alpha value is -0.600. The lowest BCUT2D eigenvalue weighted by Gasteiger charge is -2.34. The molecule has 1 aliphatic heterocycles. The Morgan fingerprint density at radius 2 is 2.17 bits per heavy atom. The summed E-state index contributed by atoms with van der Waals surface area (Å²) in [7, 11) is 0. The first-order valence-electron chi connectivity index (χ1n) is 5.99. The Morgan fingerprint density at radius 1 is 1.44 bits per heavy atom. The molecule has 0 radical (unpaired) electrons. The second-order valence-corrected chi connectivity index (χ2v) is 5.62. The van der Waals surface area contributed by atoms with Crippen molar-refractivity contribution in [2.45, 2.75) is 12.5 Å². The van der Waals surface area contributed by atoms with E-state index in [4.69, 9.17) is 16.9 Å². The highest BCUT2D eigenvalue weighted by atomic mass is 79.9. The van der Waals surface area contributed by atoms with Gasteiger partial charge in [-0.25, -0.2) is 0 Å². The van der Waals surface area contributed by atoms with E-state index in [0.717, 1.165) is 36.2 Å². The molecular weight excluding hydrogens is 314 g/mol. The van der Waals surface area contributed by atoms with Gasteiger partial charge in [0, 0.05) is 41.7 Å². The zero-order chi connectivity index (χ0) is 13.0. The second kappa shape index (κ2) is 6.53. The molecule has 1 N–H and O–H groups in total. The molecular formula is C13H15BrClN3. The molecule has 1 fully saturated rings. The van der Waals surface area contributed by atoms with Gasteiger partial charge in [0.25, 0.3) is 0 Å². The normalized spacial score (nSPS) is 18.3. The first kappa shape index (κ1) is 13.8. The molecule has 1 saturated heterocycles. The predicted octanol–water partition coefficient (Wildman–Crippen LogP) is 2.96. The summed E-state index contributed by atoms with van der Waals surface area (Å²) in [6.07, 6.45) is 0.485. The van der Waals surface area contributed by atoms with Gasteiger partial charge in [0.2, 0.25) is 0 Å². The molecule has 0 aliphatic carbocycles. The number of piperazine rings is 1. The number of nitrogens with one attached hydrogen (secondary N) is 1. The van der Waals surface area contributed by atoms with E-state index in [1.807, 2.05) is 18.2 Å². The molecule has 0 saturated carbocycles. The molecule has 18 heavy (non-hydrogen) atoms. The maximum absolute atomic E-state index is 9.05. The summed E-state index contributed by atoms with van der Waals surface area (Å²) in [5, 5.41) is 13.1. The molecule has 1 aromatic rings. The fourth-order valence-corrected chi connectivity index (χ4v) is 2.98. The summed E-state index contributed by atoms with van der Waals surface area (Å²) in [6, 6.07) is 8.16. The molecule has 0 unspecified atom stereocenters. The standard InChI is InChI=1S/C13H15BrClN3/c14-12-2-1-10(15)9-11(12)13(3-4-16)18-7-5-17-6-8-18/h1-2,9,13,17H,3,5-8H2/t13-/m0/s1. The average molecular weight is 329 g/mol. The van der Waals surface area contributed by atoms with E-state index in [2.05, 4.69) is 32.2 Å². The molecule has 1 heterocycles. The van der Waals surface area contributed by atoms with Gasteiger partial charge in [-0.2, -0.15) is 5.26 Å². The maximum atomic E-state index is 9.05. The van der Waals surface area contributed by atoms with Gasteiger partial charge in [0.1, 0.15) is 0 Å². The minimum atomic E-state index is 0.116. The van der Waals surface area contributed by atoms with Crippen molar-refractivity contribution in [2.24, 2.45) is 0 Å². The van der Waals surface area contributed by atoms with Crippen LogP contribution >= 0.6 is 27.5 Å². The van der Waals surface area contributed by atoms with Crippen LogP contribution in [0.1, 0.15) is 18.0 Å². The topological polar surface area (TPSA) is 39.1 Å². The van der Waals surface area contributed by atoms with Gasteiger partial charge in [0.05, 0.1) is 12.5 Å². The van der Waals surface area contributed by atoms with Crippen LogP contribution in [-0.4, -0.2) is 31.1 Å². The van der Waals surface area contributed by atoms with Crippen molar-refractivity contribution < 1.29 is 0 Å². The number of rotatable bonds is 3. The fourth-order valence-electron chi connectivity index (χ4n) is 2.29. The SMILES string of the molecule is N#CC[C@@H](c1cc(Cl)ccc1Br)N1CCNCC1. The Kier molecular flexibility index (Phi) is 5.02. The molecule has 0 spiro atoms. The molecule has 5 heteroatoms. The highest BCUT2D eigenvalue weighted by Crippen LogP contribution is 2.32. The molecule has 1 atom stereocenters. The first-order valence-corrected chi connectivity index (χ1v) is 7.16. The van der Waals surface area contributed by atoms with Crippen molar-refractivity contribution in [3.8, 4) is 6.07 Å². The van der Waals surface area contributed by atoms with Crippen LogP contribution in [0.15, 0.2) is 22.7 Å². The van der Waals surface area contributed by atoms with Crippen molar-refractivity contribution >= 4 is 27.5 Å².